The van der Waals surface area contributed by atoms with Crippen molar-refractivity contribution < 1.29 is 4.79 Å². The molecule has 0 aliphatic rings. The summed E-state index contributed by atoms with van der Waals surface area (Å²) < 4.78 is 0. The molecule has 1 heterocycles. The highest BCUT2D eigenvalue weighted by atomic mass is 16.2. The molecule has 7 heteroatoms. The molecule has 1 amide bonds. The van der Waals surface area contributed by atoms with Crippen molar-refractivity contribution in [2.75, 3.05) is 5.32 Å². The Morgan fingerprint density at radius 1 is 1.29 bits per heavy atom. The van der Waals surface area contributed by atoms with E-state index in [1.165, 1.54) is 6.07 Å². The molecule has 0 aliphatic heterocycles. The van der Waals surface area contributed by atoms with Crippen molar-refractivity contribution in [3.05, 3.63) is 38.9 Å². The monoisotopic (exact) mass is 290 g/mol. The Labute approximate surface area is 120 Å². The van der Waals surface area contributed by atoms with E-state index in [1.807, 2.05) is 13.8 Å². The van der Waals surface area contributed by atoms with Crippen LogP contribution in [0, 0.1) is 5.92 Å². The van der Waals surface area contributed by atoms with Crippen LogP contribution < -0.4 is 22.2 Å². The van der Waals surface area contributed by atoms with Crippen molar-refractivity contribution in [3.8, 4) is 0 Å². The van der Waals surface area contributed by atoms with Gasteiger partial charge in [-0.25, -0.2) is 0 Å². The Balaban J connectivity index is 2.44. The maximum absolute atomic E-state index is 12.1. The second kappa shape index (κ2) is 5.92. The standard InChI is InChI=1S/C14H18N4O3/c1-3-7(2)11(15)14(21)16-9-6-4-5-8-10(9)13(20)18-17-12(8)19/h4-7,11H,3,15H2,1-2H3,(H,16,21)(H,17,19)(H,18,20)/t7?,11-/m0/s1. The first-order valence-electron chi connectivity index (χ1n) is 6.75. The minimum Gasteiger partial charge on any atom is -0.324 e. The number of nitrogens with two attached hydrogens (primary N) is 1. The highest BCUT2D eigenvalue weighted by molar-refractivity contribution is 6.03. The molecule has 0 radical (unpaired) electrons. The van der Waals surface area contributed by atoms with E-state index in [9.17, 15) is 14.4 Å². The number of aromatic amines is 2. The third kappa shape index (κ3) is 2.87. The summed E-state index contributed by atoms with van der Waals surface area (Å²) in [5.74, 6) is -0.363. The van der Waals surface area contributed by atoms with E-state index in [0.717, 1.165) is 6.42 Å². The van der Waals surface area contributed by atoms with Crippen LogP contribution >= 0.6 is 0 Å². The van der Waals surface area contributed by atoms with Gasteiger partial charge in [-0.1, -0.05) is 26.3 Å². The number of nitrogens with one attached hydrogen (secondary N) is 3. The molecule has 112 valence electrons. The van der Waals surface area contributed by atoms with Gasteiger partial charge in [-0.2, -0.15) is 0 Å². The molecule has 0 saturated heterocycles. The van der Waals surface area contributed by atoms with Crippen molar-refractivity contribution in [1.29, 1.82) is 0 Å². The Bertz CT molecular complexity index is 778. The van der Waals surface area contributed by atoms with Crippen molar-refractivity contribution in [1.82, 2.24) is 10.2 Å². The van der Waals surface area contributed by atoms with E-state index < -0.39 is 17.2 Å². The van der Waals surface area contributed by atoms with Gasteiger partial charge in [0, 0.05) is 0 Å². The molecule has 0 aliphatic carbocycles. The van der Waals surface area contributed by atoms with Gasteiger partial charge in [-0.3, -0.25) is 24.6 Å². The SMILES string of the molecule is CCC(C)[C@H](N)C(=O)Nc1cccc2c(=O)[nH][nH]c(=O)c12. The van der Waals surface area contributed by atoms with Crippen LogP contribution in [0.5, 0.6) is 0 Å². The number of rotatable bonds is 4. The van der Waals surface area contributed by atoms with Crippen molar-refractivity contribution in [2.24, 2.45) is 11.7 Å². The summed E-state index contributed by atoms with van der Waals surface area (Å²) in [5, 5.41) is 7.48. The Kier molecular flexibility index (Phi) is 4.23. The first-order valence-corrected chi connectivity index (χ1v) is 6.75. The number of aromatic nitrogens is 2. The fourth-order valence-corrected chi connectivity index (χ4v) is 2.06. The first kappa shape index (κ1) is 15.0. The quantitative estimate of drug-likeness (QED) is 0.656. The fraction of sp³-hybridized carbons (Fsp3) is 0.357. The normalized spacial score (nSPS) is 13.9. The van der Waals surface area contributed by atoms with Crippen LogP contribution in [0.25, 0.3) is 10.8 Å². The molecule has 7 nitrogen and oxygen atoms in total. The zero-order chi connectivity index (χ0) is 15.6. The maximum Gasteiger partial charge on any atom is 0.272 e. The van der Waals surface area contributed by atoms with Crippen molar-refractivity contribution in [2.45, 2.75) is 26.3 Å². The van der Waals surface area contributed by atoms with Crippen molar-refractivity contribution >= 4 is 22.4 Å². The molecule has 1 aromatic carbocycles. The second-order valence-electron chi connectivity index (χ2n) is 5.04. The molecule has 0 spiro atoms. The van der Waals surface area contributed by atoms with E-state index in [-0.39, 0.29) is 28.3 Å². The van der Waals surface area contributed by atoms with Crippen LogP contribution in [-0.4, -0.2) is 22.1 Å². The predicted molar refractivity (Wildman–Crippen MR) is 81.2 cm³/mol. The average molecular weight is 290 g/mol. The van der Waals surface area contributed by atoms with Crippen LogP contribution in [0.3, 0.4) is 0 Å². The number of carbonyl (C=O) groups excluding carboxylic acids is 1. The zero-order valence-corrected chi connectivity index (χ0v) is 11.9. The number of fused-ring (bicyclic) bond motifs is 1. The molecular weight excluding hydrogens is 272 g/mol. The van der Waals surface area contributed by atoms with Crippen LogP contribution in [0.1, 0.15) is 20.3 Å². The zero-order valence-electron chi connectivity index (χ0n) is 11.9. The van der Waals surface area contributed by atoms with Gasteiger partial charge in [0.1, 0.15) is 0 Å². The van der Waals surface area contributed by atoms with Gasteiger partial charge >= 0.3 is 0 Å². The molecule has 21 heavy (non-hydrogen) atoms. The van der Waals surface area contributed by atoms with Crippen molar-refractivity contribution in [3.63, 3.8) is 0 Å². The summed E-state index contributed by atoms with van der Waals surface area (Å²) in [6.07, 6.45) is 0.768. The molecule has 0 bridgehead atoms. The number of H-pyrrole nitrogens is 2. The molecule has 2 rings (SSSR count). The van der Waals surface area contributed by atoms with Gasteiger partial charge in [0.25, 0.3) is 11.1 Å². The molecule has 5 N–H and O–H groups in total. The Morgan fingerprint density at radius 3 is 2.62 bits per heavy atom. The average Bonchev–Trinajstić information content (AvgIpc) is 2.49. The molecule has 0 fully saturated rings. The molecule has 0 saturated carbocycles. The highest BCUT2D eigenvalue weighted by Gasteiger charge is 2.20. The number of amides is 1. The van der Waals surface area contributed by atoms with Gasteiger partial charge in [0.2, 0.25) is 5.91 Å². The minimum absolute atomic E-state index is 0.0154. The van der Waals surface area contributed by atoms with Gasteiger partial charge in [0.05, 0.1) is 22.5 Å². The lowest BCUT2D eigenvalue weighted by Crippen LogP contribution is -2.40. The van der Waals surface area contributed by atoms with E-state index in [4.69, 9.17) is 5.73 Å². The van der Waals surface area contributed by atoms with Crippen LogP contribution in [0.4, 0.5) is 5.69 Å². The lowest BCUT2D eigenvalue weighted by atomic mass is 9.99. The Morgan fingerprint density at radius 2 is 1.95 bits per heavy atom. The third-order valence-electron chi connectivity index (χ3n) is 3.64. The Hall–Kier alpha value is -2.41. The lowest BCUT2D eigenvalue weighted by molar-refractivity contribution is -0.118. The predicted octanol–water partition coefficient (Wildman–Crippen LogP) is 0.528. The topological polar surface area (TPSA) is 121 Å². The van der Waals surface area contributed by atoms with Gasteiger partial charge in [-0.05, 0) is 18.1 Å². The van der Waals surface area contributed by atoms with E-state index in [1.54, 1.807) is 12.1 Å². The molecule has 1 unspecified atom stereocenters. The number of hydrogen-bond donors (Lipinski definition) is 4. The third-order valence-corrected chi connectivity index (χ3v) is 3.64. The summed E-state index contributed by atoms with van der Waals surface area (Å²) in [6, 6.07) is 4.01. The maximum atomic E-state index is 12.1. The smallest absolute Gasteiger partial charge is 0.272 e. The second-order valence-corrected chi connectivity index (χ2v) is 5.04. The summed E-state index contributed by atoms with van der Waals surface area (Å²) in [7, 11) is 0. The van der Waals surface area contributed by atoms with Gasteiger partial charge in [-0.15, -0.1) is 0 Å². The fourth-order valence-electron chi connectivity index (χ4n) is 2.06. The largest absolute Gasteiger partial charge is 0.324 e. The van der Waals surface area contributed by atoms with Gasteiger partial charge in [0.15, 0.2) is 0 Å². The molecule has 1 aromatic heterocycles. The minimum atomic E-state index is -0.675. The summed E-state index contributed by atoms with van der Waals surface area (Å²) >= 11 is 0. The molecule has 2 aromatic rings. The van der Waals surface area contributed by atoms with Gasteiger partial charge < -0.3 is 11.1 Å². The number of benzene rings is 1. The van der Waals surface area contributed by atoms with E-state index >= 15 is 0 Å². The number of anilines is 1. The summed E-state index contributed by atoms with van der Waals surface area (Å²) in [5.41, 5.74) is 5.25. The molecule has 2 atom stereocenters. The van der Waals surface area contributed by atoms with Crippen LogP contribution in [-0.2, 0) is 4.79 Å². The lowest BCUT2D eigenvalue weighted by Gasteiger charge is -2.18. The molecular formula is C14H18N4O3. The number of hydrogen-bond acceptors (Lipinski definition) is 4. The van der Waals surface area contributed by atoms with E-state index in [0.29, 0.717) is 0 Å². The highest BCUT2D eigenvalue weighted by Crippen LogP contribution is 2.17. The first-order chi connectivity index (χ1) is 9.95. The van der Waals surface area contributed by atoms with Crippen LogP contribution in [0.15, 0.2) is 27.8 Å². The summed E-state index contributed by atoms with van der Waals surface area (Å²) in [6.45, 7) is 3.82. The van der Waals surface area contributed by atoms with Crippen LogP contribution in [0.2, 0.25) is 0 Å². The number of carbonyl (C=O) groups is 1. The summed E-state index contributed by atoms with van der Waals surface area (Å²) in [4.78, 5) is 35.7. The van der Waals surface area contributed by atoms with E-state index in [2.05, 4.69) is 15.5 Å².